The maximum atomic E-state index is 14.0. The van der Waals surface area contributed by atoms with E-state index >= 15 is 0 Å². The minimum Gasteiger partial charge on any atom is -0.312 e. The van der Waals surface area contributed by atoms with Gasteiger partial charge in [0.2, 0.25) is 15.9 Å². The normalized spacial score (nSPS) is 16.1. The summed E-state index contributed by atoms with van der Waals surface area (Å²) in [4.78, 5) is 14.5. The third kappa shape index (κ3) is 3.95. The Hall–Kier alpha value is -2.25. The third-order valence-corrected chi connectivity index (χ3v) is 7.18. The van der Waals surface area contributed by atoms with Crippen LogP contribution in [0.3, 0.4) is 0 Å². The number of nitrogens with zero attached hydrogens (tertiary/aromatic N) is 2. The van der Waals surface area contributed by atoms with Gasteiger partial charge >= 0.3 is 0 Å². The number of anilines is 1. The van der Waals surface area contributed by atoms with Gasteiger partial charge in [-0.15, -0.1) is 0 Å². The molecule has 0 bridgehead atoms. The van der Waals surface area contributed by atoms with Crippen molar-refractivity contribution in [1.82, 2.24) is 4.31 Å². The molecule has 2 aromatic rings. The van der Waals surface area contributed by atoms with Gasteiger partial charge in [-0.05, 0) is 50.5 Å². The average molecular weight is 405 g/mol. The zero-order valence-electron chi connectivity index (χ0n) is 16.1. The molecule has 1 fully saturated rings. The molecule has 0 radical (unpaired) electrons. The standard InChI is InChI=1S/C21H25FN2O3S/c1-3-24(19-10-6-4-8-16(19)2)21(25)17-12-14-23(15-13-17)28(26,27)20-11-7-5-9-18(20)22/h4-11,17H,3,12-15H2,1-2H3. The van der Waals surface area contributed by atoms with E-state index in [-0.39, 0.29) is 29.8 Å². The number of rotatable bonds is 5. The first-order valence-electron chi connectivity index (χ1n) is 9.48. The van der Waals surface area contributed by atoms with Crippen molar-refractivity contribution in [3.8, 4) is 0 Å². The lowest BCUT2D eigenvalue weighted by atomic mass is 9.96. The van der Waals surface area contributed by atoms with Crippen LogP contribution in [0.25, 0.3) is 0 Å². The summed E-state index contributed by atoms with van der Waals surface area (Å²) in [6.07, 6.45) is 0.851. The molecule has 2 aromatic carbocycles. The molecule has 0 aliphatic carbocycles. The number of aryl methyl sites for hydroxylation is 1. The van der Waals surface area contributed by atoms with Crippen LogP contribution in [0.2, 0.25) is 0 Å². The fourth-order valence-corrected chi connectivity index (χ4v) is 5.20. The second kappa shape index (κ2) is 8.41. The first kappa shape index (κ1) is 20.5. The molecule has 0 atom stereocenters. The first-order valence-corrected chi connectivity index (χ1v) is 10.9. The molecule has 0 unspecified atom stereocenters. The third-order valence-electron chi connectivity index (χ3n) is 5.25. The summed E-state index contributed by atoms with van der Waals surface area (Å²) < 4.78 is 40.7. The van der Waals surface area contributed by atoms with Crippen LogP contribution in [0.15, 0.2) is 53.4 Å². The molecule has 7 heteroatoms. The molecular formula is C21H25FN2O3S. The van der Waals surface area contributed by atoms with Gasteiger partial charge in [0.15, 0.2) is 0 Å². The molecular weight excluding hydrogens is 379 g/mol. The zero-order chi connectivity index (χ0) is 20.3. The van der Waals surface area contributed by atoms with Crippen LogP contribution in [-0.2, 0) is 14.8 Å². The predicted molar refractivity (Wildman–Crippen MR) is 107 cm³/mol. The highest BCUT2D eigenvalue weighted by Crippen LogP contribution is 2.28. The summed E-state index contributed by atoms with van der Waals surface area (Å²) in [7, 11) is -3.89. The Morgan fingerprint density at radius 2 is 1.71 bits per heavy atom. The number of sulfonamides is 1. The van der Waals surface area contributed by atoms with Crippen LogP contribution in [0.4, 0.5) is 10.1 Å². The number of carbonyl (C=O) groups excluding carboxylic acids is 1. The molecule has 3 rings (SSSR count). The first-order chi connectivity index (χ1) is 13.4. The molecule has 0 spiro atoms. The SMILES string of the molecule is CCN(C(=O)C1CCN(S(=O)(=O)c2ccccc2F)CC1)c1ccccc1C. The highest BCUT2D eigenvalue weighted by atomic mass is 32.2. The van der Waals surface area contributed by atoms with Crippen molar-refractivity contribution >= 4 is 21.6 Å². The van der Waals surface area contributed by atoms with Crippen molar-refractivity contribution in [1.29, 1.82) is 0 Å². The molecule has 0 aromatic heterocycles. The fourth-order valence-electron chi connectivity index (χ4n) is 3.67. The number of halogens is 1. The maximum Gasteiger partial charge on any atom is 0.245 e. The Bertz CT molecular complexity index is 954. The van der Waals surface area contributed by atoms with E-state index in [1.807, 2.05) is 38.1 Å². The molecule has 150 valence electrons. The van der Waals surface area contributed by atoms with Crippen LogP contribution in [-0.4, -0.2) is 38.3 Å². The van der Waals surface area contributed by atoms with Gasteiger partial charge < -0.3 is 4.90 Å². The molecule has 1 amide bonds. The number of benzene rings is 2. The smallest absolute Gasteiger partial charge is 0.245 e. The van der Waals surface area contributed by atoms with E-state index in [4.69, 9.17) is 0 Å². The Morgan fingerprint density at radius 3 is 2.32 bits per heavy atom. The van der Waals surface area contributed by atoms with E-state index in [0.29, 0.717) is 19.4 Å². The van der Waals surface area contributed by atoms with Crippen LogP contribution >= 0.6 is 0 Å². The number of piperidine rings is 1. The summed E-state index contributed by atoms with van der Waals surface area (Å²) >= 11 is 0. The average Bonchev–Trinajstić information content (AvgIpc) is 2.70. The topological polar surface area (TPSA) is 57.7 Å². The maximum absolute atomic E-state index is 14.0. The van der Waals surface area contributed by atoms with Crippen LogP contribution in [0.1, 0.15) is 25.3 Å². The monoisotopic (exact) mass is 404 g/mol. The summed E-state index contributed by atoms with van der Waals surface area (Å²) in [5.74, 6) is -0.983. The van der Waals surface area contributed by atoms with Gasteiger partial charge in [-0.2, -0.15) is 4.31 Å². The lowest BCUT2D eigenvalue weighted by Crippen LogP contribution is -2.44. The molecule has 1 aliphatic rings. The van der Waals surface area contributed by atoms with E-state index in [1.54, 1.807) is 4.90 Å². The second-order valence-electron chi connectivity index (χ2n) is 6.98. The largest absolute Gasteiger partial charge is 0.312 e. The molecule has 0 N–H and O–H groups in total. The Labute approximate surface area is 165 Å². The van der Waals surface area contributed by atoms with Crippen molar-refractivity contribution in [3.63, 3.8) is 0 Å². The number of para-hydroxylation sites is 1. The van der Waals surface area contributed by atoms with E-state index in [2.05, 4.69) is 0 Å². The number of hydrogen-bond acceptors (Lipinski definition) is 3. The van der Waals surface area contributed by atoms with E-state index in [9.17, 15) is 17.6 Å². The fraction of sp³-hybridized carbons (Fsp3) is 0.381. The number of hydrogen-bond donors (Lipinski definition) is 0. The quantitative estimate of drug-likeness (QED) is 0.765. The number of amides is 1. The molecule has 1 aliphatic heterocycles. The molecule has 5 nitrogen and oxygen atoms in total. The van der Waals surface area contributed by atoms with Crippen LogP contribution < -0.4 is 4.90 Å². The Balaban J connectivity index is 1.72. The van der Waals surface area contributed by atoms with E-state index < -0.39 is 15.8 Å². The summed E-state index contributed by atoms with van der Waals surface area (Å²) in [5, 5.41) is 0. The van der Waals surface area contributed by atoms with Gasteiger partial charge in [0.1, 0.15) is 10.7 Å². The molecule has 28 heavy (non-hydrogen) atoms. The van der Waals surface area contributed by atoms with Gasteiger partial charge in [0.05, 0.1) is 0 Å². The van der Waals surface area contributed by atoms with Crippen molar-refractivity contribution in [2.24, 2.45) is 5.92 Å². The minimum atomic E-state index is -3.89. The van der Waals surface area contributed by atoms with Crippen molar-refractivity contribution in [3.05, 3.63) is 59.9 Å². The van der Waals surface area contributed by atoms with Crippen LogP contribution in [0.5, 0.6) is 0 Å². The van der Waals surface area contributed by atoms with Crippen molar-refractivity contribution in [2.45, 2.75) is 31.6 Å². The van der Waals surface area contributed by atoms with Gasteiger partial charge in [-0.25, -0.2) is 12.8 Å². The van der Waals surface area contributed by atoms with Gasteiger partial charge in [0, 0.05) is 31.2 Å². The minimum absolute atomic E-state index is 0.0136. The molecule has 1 heterocycles. The van der Waals surface area contributed by atoms with E-state index in [1.165, 1.54) is 22.5 Å². The summed E-state index contributed by atoms with van der Waals surface area (Å²) in [5.41, 5.74) is 1.91. The highest BCUT2D eigenvalue weighted by Gasteiger charge is 2.35. The predicted octanol–water partition coefficient (Wildman–Crippen LogP) is 3.59. The van der Waals surface area contributed by atoms with Crippen molar-refractivity contribution < 1.29 is 17.6 Å². The summed E-state index contributed by atoms with van der Waals surface area (Å²) in [6, 6.07) is 13.1. The molecule has 0 saturated carbocycles. The lowest BCUT2D eigenvalue weighted by Gasteiger charge is -2.33. The van der Waals surface area contributed by atoms with Crippen LogP contribution in [0, 0.1) is 18.7 Å². The number of carbonyl (C=O) groups is 1. The second-order valence-corrected chi connectivity index (χ2v) is 8.88. The summed E-state index contributed by atoms with van der Waals surface area (Å²) in [6.45, 7) is 4.87. The van der Waals surface area contributed by atoms with Gasteiger partial charge in [-0.3, -0.25) is 4.79 Å². The lowest BCUT2D eigenvalue weighted by molar-refractivity contribution is -0.123. The van der Waals surface area contributed by atoms with Gasteiger partial charge in [0.25, 0.3) is 0 Å². The Morgan fingerprint density at radius 1 is 1.11 bits per heavy atom. The van der Waals surface area contributed by atoms with Crippen molar-refractivity contribution in [2.75, 3.05) is 24.5 Å². The highest BCUT2D eigenvalue weighted by molar-refractivity contribution is 7.89. The van der Waals surface area contributed by atoms with Gasteiger partial charge in [-0.1, -0.05) is 30.3 Å². The molecule has 1 saturated heterocycles. The Kier molecular flexibility index (Phi) is 6.15. The zero-order valence-corrected chi connectivity index (χ0v) is 17.0. The van der Waals surface area contributed by atoms with E-state index in [0.717, 1.165) is 17.3 Å².